The maximum Gasteiger partial charge on any atom is 0.171 e. The number of aromatic nitrogens is 2. The van der Waals surface area contributed by atoms with Crippen LogP contribution in [0.5, 0.6) is 0 Å². The molecule has 1 aliphatic rings. The zero-order chi connectivity index (χ0) is 12.5. The molecule has 6 heteroatoms. The highest BCUT2D eigenvalue weighted by Gasteiger charge is 2.21. The molecule has 94 valence electrons. The lowest BCUT2D eigenvalue weighted by Crippen LogP contribution is -2.22. The number of thiophene rings is 1. The zero-order valence-electron chi connectivity index (χ0n) is 9.58. The Hall–Kier alpha value is -1.17. The van der Waals surface area contributed by atoms with E-state index in [0.717, 1.165) is 28.0 Å². The Kier molecular flexibility index (Phi) is 3.20. The van der Waals surface area contributed by atoms with E-state index >= 15 is 0 Å². The number of aliphatic hydroxyl groups excluding tert-OH is 1. The van der Waals surface area contributed by atoms with E-state index in [4.69, 9.17) is 11.6 Å². The van der Waals surface area contributed by atoms with Gasteiger partial charge in [0.1, 0.15) is 5.82 Å². The molecular weight excluding hydrogens is 270 g/mol. The smallest absolute Gasteiger partial charge is 0.171 e. The summed E-state index contributed by atoms with van der Waals surface area (Å²) in [5.41, 5.74) is 0. The number of anilines is 1. The Balaban J connectivity index is 1.89. The van der Waals surface area contributed by atoms with E-state index in [-0.39, 0.29) is 6.10 Å². The fourth-order valence-corrected chi connectivity index (χ4v) is 3.01. The third-order valence-electron chi connectivity index (χ3n) is 2.92. The van der Waals surface area contributed by atoms with Crippen molar-refractivity contribution in [2.24, 2.45) is 0 Å². The lowest BCUT2D eigenvalue weighted by atomic mass is 10.3. The van der Waals surface area contributed by atoms with Crippen molar-refractivity contribution in [2.75, 3.05) is 18.0 Å². The summed E-state index contributed by atoms with van der Waals surface area (Å²) >= 11 is 7.38. The van der Waals surface area contributed by atoms with Crippen LogP contribution in [0.1, 0.15) is 6.42 Å². The summed E-state index contributed by atoms with van der Waals surface area (Å²) in [5, 5.41) is 9.55. The summed E-state index contributed by atoms with van der Waals surface area (Å²) < 4.78 is 0.732. The van der Waals surface area contributed by atoms with E-state index in [9.17, 15) is 5.11 Å². The largest absolute Gasteiger partial charge is 0.391 e. The van der Waals surface area contributed by atoms with Crippen LogP contribution in [0.2, 0.25) is 4.34 Å². The van der Waals surface area contributed by atoms with Crippen molar-refractivity contribution in [3.05, 3.63) is 28.7 Å². The molecule has 1 fully saturated rings. The first-order valence-electron chi connectivity index (χ1n) is 5.74. The highest BCUT2D eigenvalue weighted by Crippen LogP contribution is 2.29. The topological polar surface area (TPSA) is 49.2 Å². The molecular formula is C12H12ClN3OS. The molecule has 0 bridgehead atoms. The standard InChI is InChI=1S/C12H12ClN3OS/c13-10-2-1-9(18-10)12-14-5-3-11(15-12)16-6-4-8(17)7-16/h1-3,5,8,17H,4,6-7H2. The number of nitrogens with zero attached hydrogens (tertiary/aromatic N) is 3. The molecule has 0 saturated carbocycles. The fraction of sp³-hybridized carbons (Fsp3) is 0.333. The summed E-state index contributed by atoms with van der Waals surface area (Å²) in [4.78, 5) is 11.8. The summed E-state index contributed by atoms with van der Waals surface area (Å²) in [6.45, 7) is 1.48. The van der Waals surface area contributed by atoms with Gasteiger partial charge in [0.05, 0.1) is 15.3 Å². The number of aliphatic hydroxyl groups is 1. The van der Waals surface area contributed by atoms with Gasteiger partial charge in [0.2, 0.25) is 0 Å². The van der Waals surface area contributed by atoms with Gasteiger partial charge in [0, 0.05) is 19.3 Å². The molecule has 3 heterocycles. The van der Waals surface area contributed by atoms with Crippen molar-refractivity contribution >= 4 is 28.8 Å². The summed E-state index contributed by atoms with van der Waals surface area (Å²) in [6, 6.07) is 5.64. The summed E-state index contributed by atoms with van der Waals surface area (Å²) in [5.74, 6) is 1.55. The maximum absolute atomic E-state index is 9.55. The van der Waals surface area contributed by atoms with Crippen molar-refractivity contribution in [1.82, 2.24) is 9.97 Å². The zero-order valence-corrected chi connectivity index (χ0v) is 11.2. The molecule has 4 nitrogen and oxygen atoms in total. The summed E-state index contributed by atoms with van der Waals surface area (Å²) in [7, 11) is 0. The van der Waals surface area contributed by atoms with Crippen LogP contribution in [-0.4, -0.2) is 34.3 Å². The highest BCUT2D eigenvalue weighted by molar-refractivity contribution is 7.19. The van der Waals surface area contributed by atoms with E-state index in [1.807, 2.05) is 18.2 Å². The molecule has 0 aliphatic carbocycles. The van der Waals surface area contributed by atoms with Gasteiger partial charge in [-0.3, -0.25) is 0 Å². The first kappa shape index (κ1) is 11.9. The molecule has 1 saturated heterocycles. The monoisotopic (exact) mass is 281 g/mol. The molecule has 3 rings (SSSR count). The van der Waals surface area contributed by atoms with E-state index in [1.54, 1.807) is 6.20 Å². The van der Waals surface area contributed by atoms with Gasteiger partial charge in [-0.15, -0.1) is 11.3 Å². The van der Waals surface area contributed by atoms with Gasteiger partial charge in [-0.25, -0.2) is 9.97 Å². The molecule has 0 radical (unpaired) electrons. The predicted molar refractivity (Wildman–Crippen MR) is 73.2 cm³/mol. The van der Waals surface area contributed by atoms with Crippen molar-refractivity contribution in [1.29, 1.82) is 0 Å². The quantitative estimate of drug-likeness (QED) is 0.918. The Labute approximate surface area is 114 Å². The van der Waals surface area contributed by atoms with Crippen LogP contribution in [0.15, 0.2) is 24.4 Å². The van der Waals surface area contributed by atoms with Crippen LogP contribution in [0, 0.1) is 0 Å². The van der Waals surface area contributed by atoms with Crippen LogP contribution >= 0.6 is 22.9 Å². The highest BCUT2D eigenvalue weighted by atomic mass is 35.5. The van der Waals surface area contributed by atoms with Gasteiger partial charge < -0.3 is 10.0 Å². The predicted octanol–water partition coefficient (Wildman–Crippen LogP) is 2.43. The van der Waals surface area contributed by atoms with Crippen LogP contribution in [0.3, 0.4) is 0 Å². The molecule has 1 N–H and O–H groups in total. The Bertz CT molecular complexity index is 560. The van der Waals surface area contributed by atoms with E-state index < -0.39 is 0 Å². The second-order valence-corrected chi connectivity index (χ2v) is 5.95. The SMILES string of the molecule is OC1CCN(c2ccnc(-c3ccc(Cl)s3)n2)C1. The molecule has 2 aromatic rings. The molecule has 0 aromatic carbocycles. The Morgan fingerprint density at radius 1 is 1.39 bits per heavy atom. The first-order chi connectivity index (χ1) is 8.72. The number of β-amino-alcohol motifs (C(OH)–C–C–N with tert-alkyl or cyclic N) is 1. The van der Waals surface area contributed by atoms with Crippen LogP contribution in [0.25, 0.3) is 10.7 Å². The molecule has 0 spiro atoms. The van der Waals surface area contributed by atoms with Gasteiger partial charge in [0.25, 0.3) is 0 Å². The second kappa shape index (κ2) is 4.84. The van der Waals surface area contributed by atoms with Gasteiger partial charge in [-0.05, 0) is 24.6 Å². The van der Waals surface area contributed by atoms with Crippen LogP contribution < -0.4 is 4.90 Å². The minimum atomic E-state index is -0.250. The van der Waals surface area contributed by atoms with Gasteiger partial charge in [-0.1, -0.05) is 11.6 Å². The molecule has 1 unspecified atom stereocenters. The van der Waals surface area contributed by atoms with Gasteiger partial charge in [0.15, 0.2) is 5.82 Å². The third kappa shape index (κ3) is 2.34. The summed E-state index contributed by atoms with van der Waals surface area (Å²) in [6.07, 6.45) is 2.29. The average molecular weight is 282 g/mol. The molecule has 1 aliphatic heterocycles. The normalized spacial score (nSPS) is 19.4. The maximum atomic E-state index is 9.55. The number of halogens is 1. The number of hydrogen-bond donors (Lipinski definition) is 1. The Morgan fingerprint density at radius 2 is 2.28 bits per heavy atom. The van der Waals surface area contributed by atoms with Crippen LogP contribution in [0.4, 0.5) is 5.82 Å². The minimum absolute atomic E-state index is 0.250. The third-order valence-corrected chi connectivity index (χ3v) is 4.15. The average Bonchev–Trinajstić information content (AvgIpc) is 2.98. The Morgan fingerprint density at radius 3 is 2.94 bits per heavy atom. The van der Waals surface area contributed by atoms with Crippen molar-refractivity contribution in [2.45, 2.75) is 12.5 Å². The second-order valence-electron chi connectivity index (χ2n) is 4.23. The molecule has 18 heavy (non-hydrogen) atoms. The van der Waals surface area contributed by atoms with E-state index in [1.165, 1.54) is 11.3 Å². The molecule has 0 amide bonds. The fourth-order valence-electron chi connectivity index (χ4n) is 2.03. The molecule has 2 aromatic heterocycles. The van der Waals surface area contributed by atoms with Crippen LogP contribution in [-0.2, 0) is 0 Å². The van der Waals surface area contributed by atoms with Crippen molar-refractivity contribution in [3.63, 3.8) is 0 Å². The van der Waals surface area contributed by atoms with E-state index in [0.29, 0.717) is 12.4 Å². The molecule has 1 atom stereocenters. The van der Waals surface area contributed by atoms with Gasteiger partial charge >= 0.3 is 0 Å². The van der Waals surface area contributed by atoms with Gasteiger partial charge in [-0.2, -0.15) is 0 Å². The lowest BCUT2D eigenvalue weighted by molar-refractivity contribution is 0.198. The van der Waals surface area contributed by atoms with E-state index in [2.05, 4.69) is 14.9 Å². The van der Waals surface area contributed by atoms with Crippen molar-refractivity contribution < 1.29 is 5.11 Å². The lowest BCUT2D eigenvalue weighted by Gasteiger charge is -2.16. The first-order valence-corrected chi connectivity index (χ1v) is 6.93. The number of hydrogen-bond acceptors (Lipinski definition) is 5. The number of rotatable bonds is 2. The minimum Gasteiger partial charge on any atom is -0.391 e. The van der Waals surface area contributed by atoms with Crippen molar-refractivity contribution in [3.8, 4) is 10.7 Å².